The maximum Gasteiger partial charge on any atom is 0.337 e. The summed E-state index contributed by atoms with van der Waals surface area (Å²) in [6.07, 6.45) is -2.86. The van der Waals surface area contributed by atoms with Gasteiger partial charge in [0.15, 0.2) is 0 Å². The number of aliphatic hydroxyl groups excluding tert-OH is 2. The van der Waals surface area contributed by atoms with Crippen LogP contribution in [0.4, 0.5) is 0 Å². The number of benzene rings is 1. The third-order valence-electron chi connectivity index (χ3n) is 3.38. The van der Waals surface area contributed by atoms with E-state index in [1.54, 1.807) is 18.2 Å². The summed E-state index contributed by atoms with van der Waals surface area (Å²) < 4.78 is 10.1. The number of fused-ring (bicyclic) bond motifs is 5. The molecule has 90 valence electrons. The second-order valence-corrected chi connectivity index (χ2v) is 4.29. The highest BCUT2D eigenvalue weighted by molar-refractivity contribution is 5.89. The van der Waals surface area contributed by atoms with Crippen molar-refractivity contribution in [3.05, 3.63) is 34.9 Å². The molecular weight excluding hydrogens is 224 g/mol. The summed E-state index contributed by atoms with van der Waals surface area (Å²) in [4.78, 5) is 11.4. The molecule has 0 saturated carbocycles. The lowest BCUT2D eigenvalue weighted by Gasteiger charge is -2.21. The molecule has 5 heteroatoms. The molecule has 0 aromatic heterocycles. The van der Waals surface area contributed by atoms with Crippen molar-refractivity contribution in [1.29, 1.82) is 0 Å². The fourth-order valence-corrected chi connectivity index (χ4v) is 2.52. The van der Waals surface area contributed by atoms with E-state index in [0.717, 1.165) is 11.1 Å². The van der Waals surface area contributed by atoms with Gasteiger partial charge < -0.3 is 19.7 Å². The van der Waals surface area contributed by atoms with Gasteiger partial charge in [0.1, 0.15) is 24.4 Å². The van der Waals surface area contributed by atoms with E-state index < -0.39 is 30.4 Å². The third kappa shape index (κ3) is 1.33. The number of rotatable bonds is 1. The summed E-state index contributed by atoms with van der Waals surface area (Å²) >= 11 is 0. The molecule has 3 rings (SSSR count). The highest BCUT2D eigenvalue weighted by atomic mass is 16.5. The molecule has 2 heterocycles. The van der Waals surface area contributed by atoms with Crippen molar-refractivity contribution in [1.82, 2.24) is 0 Å². The number of esters is 1. The maximum atomic E-state index is 11.4. The Bertz CT molecular complexity index is 484. The lowest BCUT2D eigenvalue weighted by molar-refractivity contribution is 0.0216. The van der Waals surface area contributed by atoms with Crippen LogP contribution in [-0.4, -0.2) is 35.5 Å². The Morgan fingerprint density at radius 1 is 1.24 bits per heavy atom. The first-order valence-electron chi connectivity index (χ1n) is 5.37. The first-order valence-corrected chi connectivity index (χ1v) is 5.37. The molecule has 2 N–H and O–H groups in total. The summed E-state index contributed by atoms with van der Waals surface area (Å²) in [6, 6.07) is 5.02. The molecule has 1 aromatic rings. The zero-order valence-corrected chi connectivity index (χ0v) is 9.16. The molecule has 17 heavy (non-hydrogen) atoms. The van der Waals surface area contributed by atoms with Crippen molar-refractivity contribution in [3.63, 3.8) is 0 Å². The van der Waals surface area contributed by atoms with Gasteiger partial charge in [-0.2, -0.15) is 0 Å². The maximum absolute atomic E-state index is 11.4. The number of aliphatic hydroxyl groups is 2. The van der Waals surface area contributed by atoms with Crippen LogP contribution in [0.25, 0.3) is 0 Å². The van der Waals surface area contributed by atoms with E-state index in [2.05, 4.69) is 4.74 Å². The van der Waals surface area contributed by atoms with Gasteiger partial charge in [-0.1, -0.05) is 6.07 Å². The third-order valence-corrected chi connectivity index (χ3v) is 3.38. The van der Waals surface area contributed by atoms with Crippen molar-refractivity contribution in [2.75, 3.05) is 7.11 Å². The molecule has 2 aliphatic heterocycles. The Balaban J connectivity index is 2.04. The molecule has 1 fully saturated rings. The van der Waals surface area contributed by atoms with Crippen LogP contribution >= 0.6 is 0 Å². The molecule has 0 spiro atoms. The van der Waals surface area contributed by atoms with Crippen LogP contribution in [0.5, 0.6) is 0 Å². The Kier molecular flexibility index (Phi) is 2.22. The number of ether oxygens (including phenoxy) is 2. The van der Waals surface area contributed by atoms with Crippen LogP contribution in [0.15, 0.2) is 18.2 Å². The van der Waals surface area contributed by atoms with Crippen molar-refractivity contribution in [2.45, 2.75) is 24.4 Å². The smallest absolute Gasteiger partial charge is 0.337 e. The van der Waals surface area contributed by atoms with E-state index in [1.807, 2.05) is 0 Å². The Morgan fingerprint density at radius 3 is 2.53 bits per heavy atom. The molecule has 0 amide bonds. The van der Waals surface area contributed by atoms with Crippen LogP contribution in [0.2, 0.25) is 0 Å². The summed E-state index contributed by atoms with van der Waals surface area (Å²) in [6.45, 7) is 0. The van der Waals surface area contributed by atoms with E-state index in [0.29, 0.717) is 5.56 Å². The standard InChI is InChI=1S/C12H12O5/c1-16-12(15)5-2-3-6-7(4-5)11-9(14)8(13)10(6)17-11/h2-4,8-11,13-14H,1H3. The predicted molar refractivity (Wildman–Crippen MR) is 56.4 cm³/mol. The summed E-state index contributed by atoms with van der Waals surface area (Å²) in [5.41, 5.74) is 2.01. The Labute approximate surface area is 97.6 Å². The quantitative estimate of drug-likeness (QED) is 0.687. The van der Waals surface area contributed by atoms with Crippen molar-refractivity contribution in [3.8, 4) is 0 Å². The second-order valence-electron chi connectivity index (χ2n) is 4.29. The molecule has 2 bridgehead atoms. The van der Waals surface area contributed by atoms with Gasteiger partial charge >= 0.3 is 5.97 Å². The minimum Gasteiger partial charge on any atom is -0.465 e. The van der Waals surface area contributed by atoms with E-state index in [1.165, 1.54) is 7.11 Å². The first kappa shape index (κ1) is 10.7. The number of hydrogen-bond donors (Lipinski definition) is 2. The van der Waals surface area contributed by atoms with Gasteiger partial charge in [-0.05, 0) is 23.3 Å². The number of hydrogen-bond acceptors (Lipinski definition) is 5. The van der Waals surface area contributed by atoms with E-state index in [-0.39, 0.29) is 0 Å². The van der Waals surface area contributed by atoms with Crippen molar-refractivity contribution < 1.29 is 24.5 Å². The fourth-order valence-electron chi connectivity index (χ4n) is 2.52. The molecule has 4 atom stereocenters. The van der Waals surface area contributed by atoms with Gasteiger partial charge in [0.05, 0.1) is 12.7 Å². The molecule has 1 saturated heterocycles. The molecule has 0 aliphatic carbocycles. The average molecular weight is 236 g/mol. The second kappa shape index (κ2) is 3.53. The fraction of sp³-hybridized carbons (Fsp3) is 0.417. The lowest BCUT2D eigenvalue weighted by Crippen LogP contribution is -2.31. The topological polar surface area (TPSA) is 76.0 Å². The van der Waals surface area contributed by atoms with E-state index in [4.69, 9.17) is 4.74 Å². The monoisotopic (exact) mass is 236 g/mol. The molecule has 4 unspecified atom stereocenters. The summed E-state index contributed by atoms with van der Waals surface area (Å²) in [5.74, 6) is -0.425. The van der Waals surface area contributed by atoms with Crippen LogP contribution in [0.1, 0.15) is 33.7 Å². The lowest BCUT2D eigenvalue weighted by atomic mass is 9.87. The van der Waals surface area contributed by atoms with Crippen LogP contribution < -0.4 is 0 Å². The Morgan fingerprint density at radius 2 is 1.88 bits per heavy atom. The average Bonchev–Trinajstić information content (AvgIpc) is 2.86. The highest BCUT2D eigenvalue weighted by Crippen LogP contribution is 2.50. The van der Waals surface area contributed by atoms with Gasteiger partial charge in [0, 0.05) is 0 Å². The van der Waals surface area contributed by atoms with Gasteiger partial charge in [-0.15, -0.1) is 0 Å². The SMILES string of the molecule is COC(=O)c1ccc2c(c1)C1OC2C(O)C1O. The number of carbonyl (C=O) groups excluding carboxylic acids is 1. The van der Waals surface area contributed by atoms with Gasteiger partial charge in [0.2, 0.25) is 0 Å². The Hall–Kier alpha value is -1.43. The van der Waals surface area contributed by atoms with Gasteiger partial charge in [-0.3, -0.25) is 0 Å². The number of methoxy groups -OCH3 is 1. The van der Waals surface area contributed by atoms with Gasteiger partial charge in [0.25, 0.3) is 0 Å². The molecule has 1 aromatic carbocycles. The number of carbonyl (C=O) groups is 1. The predicted octanol–water partition coefficient (Wildman–Crippen LogP) is 0.321. The summed E-state index contributed by atoms with van der Waals surface area (Å²) in [5, 5.41) is 19.4. The van der Waals surface area contributed by atoms with Crippen LogP contribution in [0, 0.1) is 0 Å². The molecule has 2 aliphatic rings. The summed E-state index contributed by atoms with van der Waals surface area (Å²) in [7, 11) is 1.32. The molecule has 0 radical (unpaired) electrons. The van der Waals surface area contributed by atoms with Crippen LogP contribution in [-0.2, 0) is 9.47 Å². The van der Waals surface area contributed by atoms with Gasteiger partial charge in [-0.25, -0.2) is 4.79 Å². The largest absolute Gasteiger partial charge is 0.465 e. The van der Waals surface area contributed by atoms with E-state index >= 15 is 0 Å². The normalized spacial score (nSPS) is 33.6. The zero-order valence-electron chi connectivity index (χ0n) is 9.16. The highest BCUT2D eigenvalue weighted by Gasteiger charge is 2.51. The molecule has 5 nitrogen and oxygen atoms in total. The first-order chi connectivity index (χ1) is 8.13. The van der Waals surface area contributed by atoms with E-state index in [9.17, 15) is 15.0 Å². The molecular formula is C12H12O5. The minimum atomic E-state index is -0.930. The van der Waals surface area contributed by atoms with Crippen molar-refractivity contribution in [2.24, 2.45) is 0 Å². The minimum absolute atomic E-state index is 0.420. The zero-order chi connectivity index (χ0) is 12.2. The van der Waals surface area contributed by atoms with Crippen molar-refractivity contribution >= 4 is 5.97 Å². The van der Waals surface area contributed by atoms with Crippen LogP contribution in [0.3, 0.4) is 0 Å².